The van der Waals surface area contributed by atoms with E-state index in [1.54, 1.807) is 4.90 Å². The van der Waals surface area contributed by atoms with Crippen molar-refractivity contribution in [3.05, 3.63) is 35.4 Å². The summed E-state index contributed by atoms with van der Waals surface area (Å²) in [5.74, 6) is 0.0515. The molecule has 3 N–H and O–H groups in total. The van der Waals surface area contributed by atoms with E-state index in [1.165, 1.54) is 22.4 Å². The third-order valence-electron chi connectivity index (χ3n) is 6.43. The minimum absolute atomic E-state index is 0.0515. The molecule has 1 aliphatic carbocycles. The first-order valence-corrected chi connectivity index (χ1v) is 10.5. The Morgan fingerprint density at radius 1 is 1.22 bits per heavy atom. The van der Waals surface area contributed by atoms with Gasteiger partial charge in [0, 0.05) is 5.56 Å². The smallest absolute Gasteiger partial charge is 0.279 e. The zero-order chi connectivity index (χ0) is 19.3. The van der Waals surface area contributed by atoms with Crippen molar-refractivity contribution < 1.29 is 14.6 Å². The predicted molar refractivity (Wildman–Crippen MR) is 105 cm³/mol. The van der Waals surface area contributed by atoms with Crippen LogP contribution in [0.5, 0.6) is 0 Å². The van der Waals surface area contributed by atoms with E-state index in [0.29, 0.717) is 0 Å². The predicted octanol–water partition coefficient (Wildman–Crippen LogP) is 0.00960. The van der Waals surface area contributed by atoms with E-state index in [4.69, 9.17) is 0 Å². The fourth-order valence-corrected chi connectivity index (χ4v) is 4.59. The number of quaternary nitrogens is 2. The topological polar surface area (TPSA) is 61.8 Å². The van der Waals surface area contributed by atoms with Gasteiger partial charge in [-0.1, -0.05) is 49.1 Å². The molecule has 0 unspecified atom stereocenters. The Morgan fingerprint density at radius 2 is 1.93 bits per heavy atom. The summed E-state index contributed by atoms with van der Waals surface area (Å²) in [6, 6.07) is 11.1. The summed E-state index contributed by atoms with van der Waals surface area (Å²) >= 11 is 0. The second-order valence-electron chi connectivity index (χ2n) is 8.54. The van der Waals surface area contributed by atoms with Crippen molar-refractivity contribution in [2.24, 2.45) is 0 Å². The first-order valence-electron chi connectivity index (χ1n) is 10.5. The Balaban J connectivity index is 1.49. The molecular weight excluding hydrogens is 336 g/mol. The van der Waals surface area contributed by atoms with Crippen molar-refractivity contribution in [3.8, 4) is 6.07 Å². The lowest BCUT2D eigenvalue weighted by atomic mass is 9.82. The van der Waals surface area contributed by atoms with Gasteiger partial charge in [-0.15, -0.1) is 0 Å². The molecule has 0 spiro atoms. The summed E-state index contributed by atoms with van der Waals surface area (Å²) in [5, 5.41) is 12.7. The van der Waals surface area contributed by atoms with Gasteiger partial charge in [0.15, 0.2) is 6.04 Å². The van der Waals surface area contributed by atoms with Crippen LogP contribution in [0.15, 0.2) is 24.3 Å². The normalized spacial score (nSPS) is 26.0. The maximum Gasteiger partial charge on any atom is 0.279 e. The van der Waals surface area contributed by atoms with Crippen molar-refractivity contribution in [1.82, 2.24) is 5.32 Å². The number of nitrogens with one attached hydrogen (secondary N) is 3. The first kappa shape index (κ1) is 19.9. The molecule has 5 nitrogen and oxygen atoms in total. The van der Waals surface area contributed by atoms with Gasteiger partial charge in [-0.2, -0.15) is 5.26 Å². The lowest BCUT2D eigenvalue weighted by molar-refractivity contribution is -1.02. The van der Waals surface area contributed by atoms with Crippen LogP contribution in [-0.4, -0.2) is 43.7 Å². The number of benzene rings is 1. The van der Waals surface area contributed by atoms with Gasteiger partial charge in [0.05, 0.1) is 6.07 Å². The SMILES string of the molecule is Cc1cccc(C[NH+]2CC[NH+]([C@@H](C)C(=O)NC3(C#N)CCCCC3)CC2)c1. The highest BCUT2D eigenvalue weighted by atomic mass is 16.2. The minimum atomic E-state index is -0.624. The number of carbonyl (C=O) groups excluding carboxylic acids is 1. The average Bonchev–Trinajstić information content (AvgIpc) is 2.69. The number of aryl methyl sites for hydroxylation is 1. The monoisotopic (exact) mass is 370 g/mol. The Hall–Kier alpha value is -1.90. The van der Waals surface area contributed by atoms with E-state index in [-0.39, 0.29) is 11.9 Å². The van der Waals surface area contributed by atoms with Crippen LogP contribution < -0.4 is 15.1 Å². The number of nitrogens with zero attached hydrogens (tertiary/aromatic N) is 1. The van der Waals surface area contributed by atoms with E-state index in [9.17, 15) is 10.1 Å². The fraction of sp³-hybridized carbons (Fsp3) is 0.636. The zero-order valence-electron chi connectivity index (χ0n) is 16.8. The van der Waals surface area contributed by atoms with E-state index >= 15 is 0 Å². The highest BCUT2D eigenvalue weighted by Gasteiger charge is 2.38. The molecule has 1 saturated heterocycles. The van der Waals surface area contributed by atoms with Gasteiger partial charge in [0.1, 0.15) is 38.3 Å². The summed E-state index contributed by atoms with van der Waals surface area (Å²) in [6.45, 7) is 9.41. The molecule has 27 heavy (non-hydrogen) atoms. The second kappa shape index (κ2) is 8.86. The molecule has 5 heteroatoms. The minimum Gasteiger partial charge on any atom is -0.333 e. The molecule has 1 amide bonds. The Labute approximate surface area is 163 Å². The van der Waals surface area contributed by atoms with Gasteiger partial charge in [0.2, 0.25) is 0 Å². The molecule has 0 aromatic heterocycles. The highest BCUT2D eigenvalue weighted by molar-refractivity contribution is 5.81. The van der Waals surface area contributed by atoms with E-state index in [0.717, 1.165) is 58.4 Å². The largest absolute Gasteiger partial charge is 0.333 e. The Kier molecular flexibility index (Phi) is 6.51. The molecule has 1 heterocycles. The van der Waals surface area contributed by atoms with Crippen LogP contribution in [0.4, 0.5) is 0 Å². The van der Waals surface area contributed by atoms with Gasteiger partial charge in [0.25, 0.3) is 5.91 Å². The maximum absolute atomic E-state index is 12.8. The van der Waals surface area contributed by atoms with Crippen LogP contribution in [0.1, 0.15) is 50.2 Å². The van der Waals surface area contributed by atoms with Crippen molar-refractivity contribution in [2.75, 3.05) is 26.2 Å². The summed E-state index contributed by atoms with van der Waals surface area (Å²) in [6.07, 6.45) is 4.84. The fourth-order valence-electron chi connectivity index (χ4n) is 4.59. The number of hydrogen-bond donors (Lipinski definition) is 3. The lowest BCUT2D eigenvalue weighted by Gasteiger charge is -2.36. The molecule has 1 aromatic carbocycles. The van der Waals surface area contributed by atoms with Crippen molar-refractivity contribution >= 4 is 5.91 Å². The Morgan fingerprint density at radius 3 is 2.56 bits per heavy atom. The number of hydrogen-bond acceptors (Lipinski definition) is 2. The standard InChI is InChI=1S/C22H32N4O/c1-18-7-6-8-20(15-18)16-25-11-13-26(14-12-25)19(2)21(27)24-22(17-23)9-4-3-5-10-22/h6-8,15,19H,3-5,9-14,16H2,1-2H3,(H,24,27)/p+2/t19-/m0/s1. The summed E-state index contributed by atoms with van der Waals surface area (Å²) in [5.41, 5.74) is 2.09. The van der Waals surface area contributed by atoms with Gasteiger partial charge < -0.3 is 15.1 Å². The molecule has 2 aliphatic rings. The number of rotatable bonds is 5. The van der Waals surface area contributed by atoms with E-state index in [2.05, 4.69) is 42.6 Å². The number of nitriles is 1. The second-order valence-corrected chi connectivity index (χ2v) is 8.54. The third-order valence-corrected chi connectivity index (χ3v) is 6.43. The molecular formula is C22H34N4O+2. The molecule has 1 aromatic rings. The third kappa shape index (κ3) is 5.09. The van der Waals surface area contributed by atoms with Gasteiger partial charge in [-0.3, -0.25) is 4.79 Å². The molecule has 0 bridgehead atoms. The molecule has 1 aliphatic heterocycles. The molecule has 3 rings (SSSR count). The van der Waals surface area contributed by atoms with E-state index in [1.807, 2.05) is 6.92 Å². The van der Waals surface area contributed by atoms with Crippen LogP contribution in [0.25, 0.3) is 0 Å². The van der Waals surface area contributed by atoms with Crippen LogP contribution in [0, 0.1) is 18.3 Å². The molecule has 1 atom stereocenters. The Bertz CT molecular complexity index is 682. The highest BCUT2D eigenvalue weighted by Crippen LogP contribution is 2.27. The quantitative estimate of drug-likeness (QED) is 0.684. The summed E-state index contributed by atoms with van der Waals surface area (Å²) < 4.78 is 0. The van der Waals surface area contributed by atoms with Crippen LogP contribution >= 0.6 is 0 Å². The molecule has 146 valence electrons. The van der Waals surface area contributed by atoms with Gasteiger partial charge >= 0.3 is 0 Å². The van der Waals surface area contributed by atoms with Crippen molar-refractivity contribution in [3.63, 3.8) is 0 Å². The van der Waals surface area contributed by atoms with Crippen molar-refractivity contribution in [2.45, 2.75) is 64.1 Å². The van der Waals surface area contributed by atoms with Gasteiger partial charge in [-0.25, -0.2) is 0 Å². The molecule has 0 radical (unpaired) electrons. The van der Waals surface area contributed by atoms with Crippen LogP contribution in [-0.2, 0) is 11.3 Å². The number of amides is 1. The number of carbonyl (C=O) groups is 1. The molecule has 1 saturated carbocycles. The first-order chi connectivity index (χ1) is 13.0. The van der Waals surface area contributed by atoms with E-state index < -0.39 is 5.54 Å². The lowest BCUT2D eigenvalue weighted by Crippen LogP contribution is -3.29. The average molecular weight is 371 g/mol. The summed E-state index contributed by atoms with van der Waals surface area (Å²) in [7, 11) is 0. The zero-order valence-corrected chi connectivity index (χ0v) is 16.8. The van der Waals surface area contributed by atoms with Crippen molar-refractivity contribution in [1.29, 1.82) is 5.26 Å². The molecule has 2 fully saturated rings. The van der Waals surface area contributed by atoms with Crippen LogP contribution in [0.3, 0.4) is 0 Å². The van der Waals surface area contributed by atoms with Gasteiger partial charge in [-0.05, 0) is 26.7 Å². The maximum atomic E-state index is 12.8. The summed E-state index contributed by atoms with van der Waals surface area (Å²) in [4.78, 5) is 15.7. The number of piperazine rings is 1. The van der Waals surface area contributed by atoms with Crippen LogP contribution in [0.2, 0.25) is 0 Å².